The number of methoxy groups -OCH3 is 2. The molecule has 0 heterocycles. The fourth-order valence-corrected chi connectivity index (χ4v) is 1.48. The average Bonchev–Trinajstić information content (AvgIpc) is 2.34. The predicted octanol–water partition coefficient (Wildman–Crippen LogP) is 1.58. The maximum Gasteiger partial charge on any atom is 0.0589 e. The molecule has 1 rings (SSSR count). The van der Waals surface area contributed by atoms with Crippen molar-refractivity contribution in [1.82, 2.24) is 4.90 Å². The largest absolute Gasteiger partial charge is 0.383 e. The van der Waals surface area contributed by atoms with Gasteiger partial charge in [0.15, 0.2) is 0 Å². The second-order valence-corrected chi connectivity index (χ2v) is 3.65. The van der Waals surface area contributed by atoms with Crippen molar-refractivity contribution in [1.29, 1.82) is 0 Å². The first kappa shape index (κ1) is 13.2. The van der Waals surface area contributed by atoms with Crippen LogP contribution in [-0.2, 0) is 16.0 Å². The van der Waals surface area contributed by atoms with Gasteiger partial charge in [0, 0.05) is 33.9 Å². The minimum Gasteiger partial charge on any atom is -0.383 e. The van der Waals surface area contributed by atoms with Gasteiger partial charge in [-0.05, 0) is 11.6 Å². The monoisotopic (exact) mass is 222 g/mol. The lowest BCUT2D eigenvalue weighted by Gasteiger charge is -2.21. The predicted molar refractivity (Wildman–Crippen MR) is 64.3 cm³/mol. The Bertz CT molecular complexity index is 256. The summed E-state index contributed by atoms with van der Waals surface area (Å²) in [4.78, 5) is 2.30. The van der Waals surface area contributed by atoms with Crippen molar-refractivity contribution < 1.29 is 9.47 Å². The second-order valence-electron chi connectivity index (χ2n) is 3.65. The van der Waals surface area contributed by atoms with E-state index in [9.17, 15) is 0 Å². The van der Waals surface area contributed by atoms with Crippen LogP contribution < -0.4 is 0 Å². The maximum absolute atomic E-state index is 5.10. The van der Waals surface area contributed by atoms with Gasteiger partial charge in [-0.25, -0.2) is 0 Å². The molecule has 0 aliphatic heterocycles. The van der Waals surface area contributed by atoms with E-state index in [4.69, 9.17) is 9.47 Å². The highest BCUT2D eigenvalue weighted by atomic mass is 16.5. The van der Waals surface area contributed by atoms with Crippen LogP contribution in [-0.4, -0.2) is 45.4 Å². The average molecular weight is 222 g/mol. The van der Waals surface area contributed by atoms with Gasteiger partial charge in [-0.2, -0.15) is 0 Å². The van der Waals surface area contributed by atoms with E-state index in [1.165, 1.54) is 5.56 Å². The second kappa shape index (κ2) is 8.28. The minimum atomic E-state index is 0.747. The molecule has 89 valence electrons. The molecule has 0 unspecified atom stereocenters. The lowest BCUT2D eigenvalue weighted by molar-refractivity contribution is 0.110. The van der Waals surface area contributed by atoms with E-state index < -0.39 is 0 Å². The summed E-state index contributed by atoms with van der Waals surface area (Å²) >= 11 is 0. The number of ether oxygens (including phenoxy) is 2. The van der Waals surface area contributed by atoms with E-state index in [-0.39, 0.29) is 0 Å². The van der Waals surface area contributed by atoms with Crippen LogP contribution >= 0.6 is 0 Å². The molecule has 0 N–H and O–H groups in total. The van der Waals surface area contributed by atoms with Crippen molar-refractivity contribution >= 4 is 0 Å². The van der Waals surface area contributed by atoms with Gasteiger partial charge < -0.3 is 9.47 Å². The number of hydrogen-bond donors (Lipinski definition) is 0. The summed E-state index contributed by atoms with van der Waals surface area (Å²) in [6.45, 7) is 4.23. The van der Waals surface area contributed by atoms with E-state index in [1.807, 2.05) is 18.2 Å². The van der Waals surface area contributed by atoms with Crippen LogP contribution in [0.25, 0.3) is 0 Å². The van der Waals surface area contributed by atoms with Gasteiger partial charge in [0.2, 0.25) is 0 Å². The highest BCUT2D eigenvalue weighted by Gasteiger charge is 2.05. The summed E-state index contributed by atoms with van der Waals surface area (Å²) < 4.78 is 10.2. The number of rotatable bonds is 8. The van der Waals surface area contributed by atoms with Crippen molar-refractivity contribution in [3.8, 4) is 0 Å². The van der Waals surface area contributed by atoms with E-state index in [2.05, 4.69) is 17.0 Å². The molecule has 0 aromatic heterocycles. The molecular weight excluding hydrogens is 202 g/mol. The Balaban J connectivity index is 2.42. The van der Waals surface area contributed by atoms with Crippen LogP contribution in [0.2, 0.25) is 0 Å². The summed E-state index contributed by atoms with van der Waals surface area (Å²) in [5.74, 6) is 0. The molecule has 0 aliphatic rings. The van der Waals surface area contributed by atoms with Gasteiger partial charge in [-0.1, -0.05) is 24.3 Å². The number of nitrogens with zero attached hydrogens (tertiary/aromatic N) is 1. The lowest BCUT2D eigenvalue weighted by atomic mass is 10.2. The SMILES string of the molecule is COCCN(CCOC)Cc1[c]cccc1. The molecule has 0 saturated carbocycles. The Morgan fingerprint density at radius 1 is 1.12 bits per heavy atom. The fourth-order valence-electron chi connectivity index (χ4n) is 1.48. The normalized spacial score (nSPS) is 10.9. The Labute approximate surface area is 98.0 Å². The molecule has 1 radical (unpaired) electrons. The van der Waals surface area contributed by atoms with Gasteiger partial charge >= 0.3 is 0 Å². The summed E-state index contributed by atoms with van der Waals surface area (Å²) in [7, 11) is 3.45. The summed E-state index contributed by atoms with van der Waals surface area (Å²) in [6, 6.07) is 11.3. The van der Waals surface area contributed by atoms with Crippen molar-refractivity contribution in [3.05, 3.63) is 35.9 Å². The third kappa shape index (κ3) is 5.26. The van der Waals surface area contributed by atoms with Crippen molar-refractivity contribution in [2.45, 2.75) is 6.54 Å². The maximum atomic E-state index is 5.10. The van der Waals surface area contributed by atoms with E-state index in [0.717, 1.165) is 32.8 Å². The summed E-state index contributed by atoms with van der Waals surface area (Å²) in [6.07, 6.45) is 0. The molecule has 1 aromatic rings. The van der Waals surface area contributed by atoms with Crippen molar-refractivity contribution in [2.24, 2.45) is 0 Å². The molecule has 0 atom stereocenters. The highest BCUT2D eigenvalue weighted by molar-refractivity contribution is 5.12. The Hall–Kier alpha value is -0.900. The third-order valence-corrected chi connectivity index (χ3v) is 2.39. The van der Waals surface area contributed by atoms with Gasteiger partial charge in [0.25, 0.3) is 0 Å². The Morgan fingerprint density at radius 2 is 1.81 bits per heavy atom. The van der Waals surface area contributed by atoms with E-state index in [0.29, 0.717) is 0 Å². The highest BCUT2D eigenvalue weighted by Crippen LogP contribution is 2.03. The molecule has 0 bridgehead atoms. The zero-order valence-electron chi connectivity index (χ0n) is 10.1. The van der Waals surface area contributed by atoms with Crippen LogP contribution in [0.1, 0.15) is 5.56 Å². The molecule has 0 aliphatic carbocycles. The molecule has 16 heavy (non-hydrogen) atoms. The molecule has 0 spiro atoms. The standard InChI is InChI=1S/C13H20NO2/c1-15-10-8-14(9-11-16-2)12-13-6-4-3-5-7-13/h3-6H,8-12H2,1-2H3. The molecule has 3 nitrogen and oxygen atoms in total. The molecule has 3 heteroatoms. The summed E-state index contributed by atoms with van der Waals surface area (Å²) in [5, 5.41) is 0. The topological polar surface area (TPSA) is 21.7 Å². The first-order chi connectivity index (χ1) is 7.86. The molecule has 1 aromatic carbocycles. The van der Waals surface area contributed by atoms with Crippen molar-refractivity contribution in [3.63, 3.8) is 0 Å². The Kier molecular flexibility index (Phi) is 6.81. The Morgan fingerprint density at radius 3 is 2.31 bits per heavy atom. The zero-order valence-corrected chi connectivity index (χ0v) is 10.1. The fraction of sp³-hybridized carbons (Fsp3) is 0.538. The van der Waals surface area contributed by atoms with Crippen LogP contribution in [0.5, 0.6) is 0 Å². The summed E-state index contributed by atoms with van der Waals surface area (Å²) in [5.41, 5.74) is 1.20. The van der Waals surface area contributed by atoms with Crippen LogP contribution in [0.4, 0.5) is 0 Å². The van der Waals surface area contributed by atoms with Crippen LogP contribution in [0.3, 0.4) is 0 Å². The molecule has 0 saturated heterocycles. The molecule has 0 fully saturated rings. The lowest BCUT2D eigenvalue weighted by Crippen LogP contribution is -2.30. The first-order valence-corrected chi connectivity index (χ1v) is 5.52. The van der Waals surface area contributed by atoms with Gasteiger partial charge in [-0.15, -0.1) is 0 Å². The first-order valence-electron chi connectivity index (χ1n) is 5.52. The zero-order chi connectivity index (χ0) is 11.6. The number of benzene rings is 1. The minimum absolute atomic E-state index is 0.747. The van der Waals surface area contributed by atoms with Crippen LogP contribution in [0, 0.1) is 6.07 Å². The van der Waals surface area contributed by atoms with Crippen molar-refractivity contribution in [2.75, 3.05) is 40.5 Å². The van der Waals surface area contributed by atoms with Gasteiger partial charge in [-0.3, -0.25) is 4.90 Å². The van der Waals surface area contributed by atoms with E-state index >= 15 is 0 Å². The van der Waals surface area contributed by atoms with Gasteiger partial charge in [0.05, 0.1) is 13.2 Å². The van der Waals surface area contributed by atoms with E-state index in [1.54, 1.807) is 14.2 Å². The number of hydrogen-bond acceptors (Lipinski definition) is 3. The third-order valence-electron chi connectivity index (χ3n) is 2.39. The molecule has 0 amide bonds. The quantitative estimate of drug-likeness (QED) is 0.666. The van der Waals surface area contributed by atoms with Crippen LogP contribution in [0.15, 0.2) is 24.3 Å². The molecular formula is C13H20NO2. The van der Waals surface area contributed by atoms with Gasteiger partial charge in [0.1, 0.15) is 0 Å². The smallest absolute Gasteiger partial charge is 0.0589 e.